The van der Waals surface area contributed by atoms with E-state index in [2.05, 4.69) is 57.5 Å². The van der Waals surface area contributed by atoms with E-state index >= 15 is 0 Å². The Bertz CT molecular complexity index is 4440. The van der Waals surface area contributed by atoms with E-state index < -0.39 is 68.0 Å². The number of nitrogens with zero attached hydrogens (tertiary/aromatic N) is 7. The van der Waals surface area contributed by atoms with Gasteiger partial charge in [-0.2, -0.15) is 39.5 Å². The number of halogens is 12. The first-order valence-corrected chi connectivity index (χ1v) is 45.6. The summed E-state index contributed by atoms with van der Waals surface area (Å²) in [6.45, 7) is 24.4. The third-order valence-electron chi connectivity index (χ3n) is 22.3. The number of amides is 4. The highest BCUT2D eigenvalue weighted by Crippen LogP contribution is 2.69. The van der Waals surface area contributed by atoms with E-state index in [1.165, 1.54) is 39.0 Å². The summed E-state index contributed by atoms with van der Waals surface area (Å²) in [6, 6.07) is 19.3. The van der Waals surface area contributed by atoms with Gasteiger partial charge in [0.1, 0.15) is 61.0 Å². The van der Waals surface area contributed by atoms with Gasteiger partial charge in [0.2, 0.25) is 0 Å². The number of hydrogen-bond donors (Lipinski definition) is 6. The van der Waals surface area contributed by atoms with Crippen LogP contribution in [0.5, 0.6) is 0 Å². The Hall–Kier alpha value is -7.65. The average molecular weight is 2010 g/mol. The summed E-state index contributed by atoms with van der Waals surface area (Å²) >= 11 is 8.64. The van der Waals surface area contributed by atoms with Crippen LogP contribution in [0.25, 0.3) is 21.8 Å². The monoisotopic (exact) mass is 2000 g/mol. The summed E-state index contributed by atoms with van der Waals surface area (Å²) in [4.78, 5) is 131. The Morgan fingerprint density at radius 1 is 0.511 bits per heavy atom. The molecule has 6 aliphatic heterocycles. The van der Waals surface area contributed by atoms with Crippen LogP contribution in [0.4, 0.5) is 49.1 Å². The first kappa shape index (κ1) is 114. The van der Waals surface area contributed by atoms with Crippen molar-refractivity contribution in [2.45, 2.75) is 250 Å². The van der Waals surface area contributed by atoms with E-state index in [1.54, 1.807) is 30.9 Å². The third-order valence-corrected chi connectivity index (χ3v) is 23.1. The molecule has 16 rings (SSSR count). The number of esters is 1. The van der Waals surface area contributed by atoms with Gasteiger partial charge in [-0.05, 0) is 220 Å². The molecule has 12 fully saturated rings. The topological polar surface area (TPSA) is 375 Å². The van der Waals surface area contributed by atoms with Crippen molar-refractivity contribution in [3.8, 4) is 0 Å². The molecule has 4 bridgehead atoms. The zero-order valence-corrected chi connectivity index (χ0v) is 80.6. The Labute approximate surface area is 789 Å². The van der Waals surface area contributed by atoms with Crippen LogP contribution in [0.15, 0.2) is 60.7 Å². The van der Waals surface area contributed by atoms with Crippen LogP contribution < -0.4 is 20.8 Å². The van der Waals surface area contributed by atoms with E-state index in [-0.39, 0.29) is 164 Å². The number of benzene rings is 2. The van der Waals surface area contributed by atoms with Gasteiger partial charge in [-0.15, -0.1) is 12.4 Å². The largest absolute Gasteiger partial charge is 0.480 e. The minimum atomic E-state index is -4.22. The van der Waals surface area contributed by atoms with E-state index in [9.17, 15) is 92.6 Å². The van der Waals surface area contributed by atoms with Crippen molar-refractivity contribution in [2.24, 2.45) is 5.41 Å². The smallest absolute Gasteiger partial charge is 0.410 e. The zero-order chi connectivity index (χ0) is 98.0. The number of nitrogens with one attached hydrogen (secondary N) is 4. The number of fused-ring (bicyclic) bond motifs is 2. The summed E-state index contributed by atoms with van der Waals surface area (Å²) in [7, 11) is 0. The van der Waals surface area contributed by atoms with Crippen LogP contribution in [0.2, 0.25) is 0 Å². The highest BCUT2D eigenvalue weighted by Gasteiger charge is 2.69. The van der Waals surface area contributed by atoms with E-state index in [1.807, 2.05) is 97.9 Å². The molecule has 6 saturated carbocycles. The number of alkyl halides is 10. The van der Waals surface area contributed by atoms with Crippen molar-refractivity contribution >= 4 is 121 Å². The first-order valence-electron chi connectivity index (χ1n) is 44.1. The Balaban J connectivity index is 0.000000244. The number of aliphatic hydroxyl groups is 1. The zero-order valence-electron chi connectivity index (χ0n) is 77.4. The number of carbonyl (C=O) groups is 10. The second-order valence-electron chi connectivity index (χ2n) is 37.5. The number of pyridine rings is 2. The second-order valence-corrected chi connectivity index (χ2v) is 38.3. The van der Waals surface area contributed by atoms with Crippen LogP contribution in [0.3, 0.4) is 0 Å². The SMILES string of the molecule is CC(=O)COC1CCN(C(=O)OC(C)(C)C)C1.CC(=O)COC1CCN(CC(F)(F)F)C1.CC(=O)COC1CCNC1.CC(C)(C)OC(=O)N1CCC(O)C1.CCOC(=O)CBr.Cc1ccc2nc(C(=O)NC34CC(CC(=O)COC5CCN(CC(F)(F)F)C5)(C3)C4)ccc2c1.Cc1ccc2nc(C(=O)NC34CC(NCl)(C3)C4)ccc2c1.Cl.O=C(O)COC1CCN(CC(F)(F)F)C1. The van der Waals surface area contributed by atoms with Gasteiger partial charge < -0.3 is 73.9 Å². The lowest BCUT2D eigenvalue weighted by atomic mass is 9.38. The normalized spacial score (nSPS) is 24.4. The van der Waals surface area contributed by atoms with Crippen molar-refractivity contribution in [1.29, 1.82) is 0 Å². The quantitative estimate of drug-likeness (QED) is 0.0106. The molecule has 43 heteroatoms. The van der Waals surface area contributed by atoms with Gasteiger partial charge in [-0.3, -0.25) is 48.3 Å². The molecular weight excluding hydrogens is 1880 g/mol. The number of aryl methyl sites for hydroxylation is 2. The minimum Gasteiger partial charge on any atom is -0.480 e. The van der Waals surface area contributed by atoms with E-state index in [4.69, 9.17) is 50.0 Å². The lowest BCUT2D eigenvalue weighted by molar-refractivity contribution is -0.165. The molecule has 6 unspecified atom stereocenters. The van der Waals surface area contributed by atoms with Gasteiger partial charge in [-0.1, -0.05) is 51.3 Å². The van der Waals surface area contributed by atoms with Crippen LogP contribution in [-0.2, 0) is 66.7 Å². The number of carboxylic acids is 1. The molecule has 0 spiro atoms. The van der Waals surface area contributed by atoms with Gasteiger partial charge in [0.15, 0.2) is 23.1 Å². The van der Waals surface area contributed by atoms with Crippen LogP contribution in [0.1, 0.15) is 185 Å². The molecule has 6 aliphatic carbocycles. The predicted octanol–water partition coefficient (Wildman–Crippen LogP) is 12.4. The van der Waals surface area contributed by atoms with Gasteiger partial charge in [0.25, 0.3) is 11.8 Å². The lowest BCUT2D eigenvalue weighted by Crippen LogP contribution is -2.82. The minimum absolute atomic E-state index is 0. The molecule has 133 heavy (non-hydrogen) atoms. The number of carbonyl (C=O) groups excluding carboxylic acids is 9. The molecule has 6 N–H and O–H groups in total. The second kappa shape index (κ2) is 51.1. The Kier molecular flexibility index (Phi) is 43.9. The molecule has 31 nitrogen and oxygen atoms in total. The number of carboxylic acid groups (broad SMARTS) is 1. The fraction of sp³-hybridized carbons (Fsp3) is 0.689. The van der Waals surface area contributed by atoms with Gasteiger partial charge >= 0.3 is 42.7 Å². The molecule has 4 amide bonds. The number of hydrogen-bond acceptors (Lipinski definition) is 26. The Morgan fingerprint density at radius 3 is 1.25 bits per heavy atom. The van der Waals surface area contributed by atoms with Gasteiger partial charge in [0.05, 0.1) is 80.4 Å². The summed E-state index contributed by atoms with van der Waals surface area (Å²) < 4.78 is 151. The maximum absolute atomic E-state index is 12.7. The number of aromatic nitrogens is 2. The highest BCUT2D eigenvalue weighted by atomic mass is 79.9. The molecule has 6 atom stereocenters. The van der Waals surface area contributed by atoms with Gasteiger partial charge in [-0.25, -0.2) is 29.2 Å². The molecule has 4 aromatic rings. The molecule has 2 aromatic carbocycles. The first-order chi connectivity index (χ1) is 61.5. The molecule has 0 radical (unpaired) electrons. The molecule has 12 aliphatic rings. The standard InChI is InChI=1S/C25H28F3N3O3.C16H16ClN3O.C12H21NO4.C9H14F3NO2.C9H17NO3.C8H12F3NO3.C7H13NO2.C4H7BrO2.ClH/c1-16-2-4-20-17(8-16)3-5-21(29-20)22(33)30-24-12-23(13-24,14-24)9-18(32)11-34-19-6-7-31(10-19)15-25(26,27)28;1-10-2-4-12-11(6-10)3-5-13(18-12)14(21)19-15-7-16(8-15,9-15)20-17;1-9(14)8-16-10-5-6-13(7-10)11(15)17-12(2,3)4;1-7(14)5-15-8-2-3-13(4-8)6-9(10,11)12;1-9(2,3)13-8(12)10-5-4-7(11)6-10;9-8(10,11)5-12-2-1-6(3-12)15-4-7(13)14;1-6(9)5-10-7-2-3-8-4-7;1-2-7-4(6)3-5;/h2-5,8,19H,6-7,9-15H2,1H3,(H,30,33);2-6,20H,7-9H2,1H3,(H,19,21);10H,5-8H2,1-4H3;8H,2-6H2,1H3;7,11H,4-6H2,1-3H3;6H,1-5H2,(H,13,14);7-8H,2-5H2,1H3;2-3H2,1H3;1H. The third kappa shape index (κ3) is 40.9. The summed E-state index contributed by atoms with van der Waals surface area (Å²) in [5.41, 5.74) is 3.54. The molecule has 6 saturated heterocycles. The summed E-state index contributed by atoms with van der Waals surface area (Å²) in [5.74, 6) is -1.64. The molecule has 8 heterocycles. The fourth-order valence-electron chi connectivity index (χ4n) is 16.8. The molecule has 2 aromatic heterocycles. The van der Waals surface area contributed by atoms with Crippen LogP contribution >= 0.6 is 40.1 Å². The fourth-order valence-corrected chi connectivity index (χ4v) is 17.2. The highest BCUT2D eigenvalue weighted by molar-refractivity contribution is 9.09. The number of aliphatic carboxylic acids is 1. The van der Waals surface area contributed by atoms with Gasteiger partial charge in [0, 0.05) is 99.3 Å². The van der Waals surface area contributed by atoms with Crippen molar-refractivity contribution in [2.75, 3.05) is 143 Å². The predicted molar refractivity (Wildman–Crippen MR) is 481 cm³/mol. The van der Waals surface area contributed by atoms with Crippen molar-refractivity contribution < 1.29 is 136 Å². The van der Waals surface area contributed by atoms with Crippen LogP contribution in [0, 0.1) is 19.3 Å². The van der Waals surface area contributed by atoms with E-state index in [0.29, 0.717) is 101 Å². The van der Waals surface area contributed by atoms with Crippen molar-refractivity contribution in [3.63, 3.8) is 0 Å². The number of rotatable bonds is 27. The number of Topliss-reactive ketones (excluding diaryl/α,β-unsaturated/α-hetero) is 4. The molecular formula is C90H129BrCl2F9N11O20. The lowest BCUT2D eigenvalue weighted by Gasteiger charge is -2.70. The molecule has 748 valence electrons. The van der Waals surface area contributed by atoms with E-state index in [0.717, 1.165) is 91.8 Å². The number of likely N-dealkylation sites (tertiary alicyclic amines) is 5. The number of ketones is 4. The number of β-amino-alcohol motifs (C(OH)–C–C–N with tert-alkyl or cyclic N) is 1. The van der Waals surface area contributed by atoms with Crippen molar-refractivity contribution in [3.05, 3.63) is 83.2 Å². The van der Waals surface area contributed by atoms with Crippen LogP contribution in [-0.4, -0.2) is 330 Å². The average Bonchev–Trinajstić information content (AvgIpc) is 1.12. The number of aliphatic hydroxyl groups excluding tert-OH is 1. The summed E-state index contributed by atoms with van der Waals surface area (Å²) in [6.07, 6.45) is -5.03. The maximum atomic E-state index is 12.7. The summed E-state index contributed by atoms with van der Waals surface area (Å²) in [5, 5.41) is 29.2. The Morgan fingerprint density at radius 2 is 0.895 bits per heavy atom. The maximum Gasteiger partial charge on any atom is 0.410 e. The number of ether oxygens (including phenoxy) is 8. The van der Waals surface area contributed by atoms with Crippen molar-refractivity contribution in [1.82, 2.24) is 55.3 Å².